The van der Waals surface area contributed by atoms with Gasteiger partial charge in [0.2, 0.25) is 0 Å². The third-order valence-corrected chi connectivity index (χ3v) is 5.52. The molecule has 0 unspecified atom stereocenters. The molecule has 1 amide bonds. The zero-order chi connectivity index (χ0) is 24.1. The molecule has 8 heteroatoms. The van der Waals surface area contributed by atoms with Gasteiger partial charge in [0.1, 0.15) is 11.5 Å². The standard InChI is InChI=1S/C26H18Cl2N2O4/c1-33-19-7-4-6-17(13-19)25(31)30-29-15-22-20-8-3-2-5-16(20)9-12-24(22)34-26(32)21-11-10-18(27)14-23(21)28/h2-15H,1H3,(H,30,31)/b29-15-. The number of esters is 1. The summed E-state index contributed by atoms with van der Waals surface area (Å²) in [4.78, 5) is 25.3. The predicted octanol–water partition coefficient (Wildman–Crippen LogP) is 6.14. The molecule has 1 N–H and O–H groups in total. The molecule has 0 aliphatic heterocycles. The van der Waals surface area contributed by atoms with Crippen molar-refractivity contribution in [3.63, 3.8) is 0 Å². The van der Waals surface area contributed by atoms with Crippen LogP contribution in [0.5, 0.6) is 11.5 Å². The summed E-state index contributed by atoms with van der Waals surface area (Å²) >= 11 is 12.1. The molecule has 4 rings (SSSR count). The lowest BCUT2D eigenvalue weighted by molar-refractivity contribution is 0.0734. The molecule has 0 heterocycles. The lowest BCUT2D eigenvalue weighted by Gasteiger charge is -2.11. The second kappa shape index (κ2) is 10.4. The van der Waals surface area contributed by atoms with Gasteiger partial charge in [0.05, 0.1) is 23.9 Å². The van der Waals surface area contributed by atoms with Gasteiger partial charge in [0, 0.05) is 16.1 Å². The lowest BCUT2D eigenvalue weighted by Crippen LogP contribution is -2.17. The van der Waals surface area contributed by atoms with Crippen molar-refractivity contribution in [2.75, 3.05) is 7.11 Å². The second-order valence-corrected chi connectivity index (χ2v) is 7.99. The third kappa shape index (κ3) is 5.20. The molecule has 0 aromatic heterocycles. The minimum Gasteiger partial charge on any atom is -0.497 e. The SMILES string of the molecule is COc1cccc(C(=O)N/N=C\c2c(OC(=O)c3ccc(Cl)cc3Cl)ccc3ccccc23)c1. The first-order valence-electron chi connectivity index (χ1n) is 10.1. The molecule has 4 aromatic carbocycles. The summed E-state index contributed by atoms with van der Waals surface area (Å²) in [6, 6.07) is 22.3. The topological polar surface area (TPSA) is 77.0 Å². The van der Waals surface area contributed by atoms with E-state index < -0.39 is 11.9 Å². The van der Waals surface area contributed by atoms with E-state index in [-0.39, 0.29) is 16.3 Å². The van der Waals surface area contributed by atoms with Crippen LogP contribution >= 0.6 is 23.2 Å². The van der Waals surface area contributed by atoms with Gasteiger partial charge < -0.3 is 9.47 Å². The number of hydrazone groups is 1. The first kappa shape index (κ1) is 23.3. The van der Waals surface area contributed by atoms with Crippen LogP contribution in [-0.4, -0.2) is 25.2 Å². The number of fused-ring (bicyclic) bond motifs is 1. The number of hydrogen-bond acceptors (Lipinski definition) is 5. The average molecular weight is 493 g/mol. The number of nitrogens with zero attached hydrogens (tertiary/aromatic N) is 1. The number of ether oxygens (including phenoxy) is 2. The highest BCUT2D eigenvalue weighted by atomic mass is 35.5. The van der Waals surface area contributed by atoms with Crippen molar-refractivity contribution >= 4 is 52.1 Å². The highest BCUT2D eigenvalue weighted by molar-refractivity contribution is 6.36. The summed E-state index contributed by atoms with van der Waals surface area (Å²) in [5.74, 6) is -0.247. The number of hydrogen-bond donors (Lipinski definition) is 1. The first-order chi connectivity index (χ1) is 16.5. The molecule has 0 aliphatic carbocycles. The molecule has 0 saturated carbocycles. The van der Waals surface area contributed by atoms with Crippen LogP contribution in [-0.2, 0) is 0 Å². The second-order valence-electron chi connectivity index (χ2n) is 7.14. The Kier molecular flexibility index (Phi) is 7.11. The molecule has 0 aliphatic rings. The van der Waals surface area contributed by atoms with Crippen LogP contribution in [0.3, 0.4) is 0 Å². The Morgan fingerprint density at radius 1 is 0.941 bits per heavy atom. The largest absolute Gasteiger partial charge is 0.497 e. The van der Waals surface area contributed by atoms with E-state index in [1.54, 1.807) is 36.4 Å². The Labute approximate surface area is 205 Å². The Morgan fingerprint density at radius 3 is 2.56 bits per heavy atom. The van der Waals surface area contributed by atoms with Gasteiger partial charge in [0.15, 0.2) is 0 Å². The van der Waals surface area contributed by atoms with Crippen LogP contribution in [0, 0.1) is 0 Å². The number of carbonyl (C=O) groups is 2. The molecule has 0 saturated heterocycles. The maximum atomic E-state index is 12.8. The van der Waals surface area contributed by atoms with E-state index in [0.717, 1.165) is 10.8 Å². The smallest absolute Gasteiger partial charge is 0.345 e. The Balaban J connectivity index is 1.63. The third-order valence-electron chi connectivity index (χ3n) is 4.98. The Hall–Kier alpha value is -3.87. The highest BCUT2D eigenvalue weighted by Crippen LogP contribution is 2.29. The van der Waals surface area contributed by atoms with E-state index >= 15 is 0 Å². The van der Waals surface area contributed by atoms with Crippen LogP contribution in [0.1, 0.15) is 26.3 Å². The fraction of sp³-hybridized carbons (Fsp3) is 0.0385. The van der Waals surface area contributed by atoms with E-state index in [2.05, 4.69) is 10.5 Å². The highest BCUT2D eigenvalue weighted by Gasteiger charge is 2.16. The maximum absolute atomic E-state index is 12.8. The first-order valence-corrected chi connectivity index (χ1v) is 10.9. The van der Waals surface area contributed by atoms with E-state index in [4.69, 9.17) is 32.7 Å². The van der Waals surface area contributed by atoms with E-state index in [0.29, 0.717) is 21.9 Å². The van der Waals surface area contributed by atoms with Gasteiger partial charge in [-0.05, 0) is 53.2 Å². The molecular weight excluding hydrogens is 475 g/mol. The molecule has 0 atom stereocenters. The van der Waals surface area contributed by atoms with Crippen molar-refractivity contribution in [2.24, 2.45) is 5.10 Å². The van der Waals surface area contributed by atoms with Gasteiger partial charge >= 0.3 is 5.97 Å². The minimum atomic E-state index is -0.646. The number of rotatable bonds is 6. The van der Waals surface area contributed by atoms with Crippen molar-refractivity contribution in [2.45, 2.75) is 0 Å². The van der Waals surface area contributed by atoms with E-state index in [1.807, 2.05) is 30.3 Å². The van der Waals surface area contributed by atoms with Crippen LogP contribution in [0.2, 0.25) is 10.0 Å². The monoisotopic (exact) mass is 492 g/mol. The number of benzene rings is 4. The van der Waals surface area contributed by atoms with Gasteiger partial charge in [-0.2, -0.15) is 5.10 Å². The van der Waals surface area contributed by atoms with Crippen molar-refractivity contribution in [1.82, 2.24) is 5.43 Å². The van der Waals surface area contributed by atoms with Gasteiger partial charge in [0.25, 0.3) is 5.91 Å². The van der Waals surface area contributed by atoms with E-state index in [9.17, 15) is 9.59 Å². The molecule has 6 nitrogen and oxygen atoms in total. The number of halogens is 2. The maximum Gasteiger partial charge on any atom is 0.345 e. The minimum absolute atomic E-state index is 0.174. The molecule has 0 radical (unpaired) electrons. The number of carbonyl (C=O) groups excluding carboxylic acids is 2. The summed E-state index contributed by atoms with van der Waals surface area (Å²) in [5, 5.41) is 6.38. The molecule has 0 fully saturated rings. The molecular formula is C26H18Cl2N2O4. The van der Waals surface area contributed by atoms with Gasteiger partial charge in [-0.1, -0.05) is 59.6 Å². The quantitative estimate of drug-likeness (QED) is 0.152. The fourth-order valence-electron chi connectivity index (χ4n) is 3.29. The van der Waals surface area contributed by atoms with Crippen molar-refractivity contribution in [1.29, 1.82) is 0 Å². The zero-order valence-electron chi connectivity index (χ0n) is 17.9. The molecule has 0 bridgehead atoms. The van der Waals surface area contributed by atoms with Crippen LogP contribution in [0.25, 0.3) is 10.8 Å². The van der Waals surface area contributed by atoms with Crippen molar-refractivity contribution in [3.05, 3.63) is 106 Å². The van der Waals surface area contributed by atoms with Crippen LogP contribution in [0.4, 0.5) is 0 Å². The summed E-state index contributed by atoms with van der Waals surface area (Å²) in [7, 11) is 1.52. The van der Waals surface area contributed by atoms with E-state index in [1.165, 1.54) is 25.5 Å². The average Bonchev–Trinajstić information content (AvgIpc) is 2.85. The van der Waals surface area contributed by atoms with Crippen molar-refractivity contribution < 1.29 is 19.1 Å². The van der Waals surface area contributed by atoms with Crippen LogP contribution in [0.15, 0.2) is 84.0 Å². The fourth-order valence-corrected chi connectivity index (χ4v) is 3.78. The molecule has 0 spiro atoms. The van der Waals surface area contributed by atoms with Gasteiger partial charge in [-0.3, -0.25) is 4.79 Å². The molecule has 34 heavy (non-hydrogen) atoms. The van der Waals surface area contributed by atoms with Gasteiger partial charge in [-0.15, -0.1) is 0 Å². The summed E-state index contributed by atoms with van der Waals surface area (Å²) < 4.78 is 10.8. The molecule has 4 aromatic rings. The Morgan fingerprint density at radius 2 is 1.76 bits per heavy atom. The van der Waals surface area contributed by atoms with Crippen LogP contribution < -0.4 is 14.9 Å². The number of methoxy groups -OCH3 is 1. The predicted molar refractivity (Wildman–Crippen MR) is 133 cm³/mol. The zero-order valence-corrected chi connectivity index (χ0v) is 19.4. The van der Waals surface area contributed by atoms with Gasteiger partial charge in [-0.25, -0.2) is 10.2 Å². The lowest BCUT2D eigenvalue weighted by atomic mass is 10.0. The summed E-state index contributed by atoms with van der Waals surface area (Å²) in [5.41, 5.74) is 3.57. The van der Waals surface area contributed by atoms with Crippen molar-refractivity contribution in [3.8, 4) is 11.5 Å². The number of nitrogens with one attached hydrogen (secondary N) is 1. The number of amides is 1. The molecule has 170 valence electrons. The normalized spacial score (nSPS) is 10.9. The summed E-state index contributed by atoms with van der Waals surface area (Å²) in [6.07, 6.45) is 1.44. The summed E-state index contributed by atoms with van der Waals surface area (Å²) in [6.45, 7) is 0. The Bertz CT molecular complexity index is 1420.